The lowest BCUT2D eigenvalue weighted by Gasteiger charge is -2.19. The quantitative estimate of drug-likeness (QED) is 0.575. The van der Waals surface area contributed by atoms with Crippen molar-refractivity contribution in [3.8, 4) is 0 Å². The van der Waals surface area contributed by atoms with Crippen LogP contribution in [0.25, 0.3) is 0 Å². The number of carbonyl (C=O) groups is 3. The van der Waals surface area contributed by atoms with Crippen molar-refractivity contribution in [2.75, 3.05) is 11.9 Å². The fraction of sp³-hybridized carbons (Fsp3) is 0.350. The van der Waals surface area contributed by atoms with E-state index >= 15 is 0 Å². The zero-order chi connectivity index (χ0) is 21.4. The molecule has 0 spiro atoms. The van der Waals surface area contributed by atoms with Crippen LogP contribution in [0.1, 0.15) is 43.3 Å². The molecule has 0 fully saturated rings. The largest absolute Gasteiger partial charge is 0.444 e. The van der Waals surface area contributed by atoms with Crippen LogP contribution < -0.4 is 16.0 Å². The third kappa shape index (κ3) is 7.98. The van der Waals surface area contributed by atoms with Crippen LogP contribution in [0.15, 0.2) is 45.5 Å². The zero-order valence-corrected chi connectivity index (χ0v) is 18.1. The van der Waals surface area contributed by atoms with E-state index in [4.69, 9.17) is 9.15 Å². The normalized spacial score (nSPS) is 10.9. The molecule has 1 heterocycles. The molecular formula is C20H24BrN3O5. The molecule has 0 unspecified atom stereocenters. The number of hydrogen-bond acceptors (Lipinski definition) is 5. The van der Waals surface area contributed by atoms with Gasteiger partial charge in [0.25, 0.3) is 5.91 Å². The first-order valence-electron chi connectivity index (χ1n) is 9.02. The minimum atomic E-state index is -0.596. The highest BCUT2D eigenvalue weighted by Gasteiger charge is 2.16. The van der Waals surface area contributed by atoms with Gasteiger partial charge >= 0.3 is 6.09 Å². The number of furan rings is 1. The first kappa shape index (κ1) is 22.5. The number of rotatable bonds is 7. The van der Waals surface area contributed by atoms with Crippen molar-refractivity contribution in [2.24, 2.45) is 0 Å². The van der Waals surface area contributed by atoms with Crippen molar-refractivity contribution in [2.45, 2.75) is 39.3 Å². The molecule has 8 nitrogen and oxygen atoms in total. The second kappa shape index (κ2) is 10.1. The summed E-state index contributed by atoms with van der Waals surface area (Å²) in [7, 11) is 0. The number of hydrogen-bond donors (Lipinski definition) is 3. The number of anilines is 1. The number of carbonyl (C=O) groups excluding carboxylic acids is 3. The predicted octanol–water partition coefficient (Wildman–Crippen LogP) is 3.83. The molecule has 0 bridgehead atoms. The van der Waals surface area contributed by atoms with Crippen LogP contribution in [-0.2, 0) is 16.1 Å². The third-order valence-corrected chi connectivity index (χ3v) is 3.97. The van der Waals surface area contributed by atoms with Crippen LogP contribution >= 0.6 is 15.9 Å². The molecule has 156 valence electrons. The van der Waals surface area contributed by atoms with E-state index < -0.39 is 11.7 Å². The van der Waals surface area contributed by atoms with Gasteiger partial charge in [-0.1, -0.05) is 18.2 Å². The Hall–Kier alpha value is -2.81. The van der Waals surface area contributed by atoms with Crippen LogP contribution in [0.4, 0.5) is 10.5 Å². The van der Waals surface area contributed by atoms with E-state index in [1.54, 1.807) is 51.1 Å². The SMILES string of the molecule is CC(C)(C)OC(=O)NCCC(=O)Nc1ccccc1CNC(=O)c1ccc(Br)o1. The van der Waals surface area contributed by atoms with Gasteiger partial charge < -0.3 is 25.1 Å². The highest BCUT2D eigenvalue weighted by atomic mass is 79.9. The molecule has 2 rings (SSSR count). The van der Waals surface area contributed by atoms with Crippen LogP contribution in [0.2, 0.25) is 0 Å². The summed E-state index contributed by atoms with van der Waals surface area (Å²) in [6.07, 6.45) is -0.488. The fourth-order valence-corrected chi connectivity index (χ4v) is 2.61. The number of amides is 3. The van der Waals surface area contributed by atoms with E-state index in [9.17, 15) is 14.4 Å². The number of alkyl carbamates (subject to hydrolysis) is 1. The standard InChI is InChI=1S/C20H24BrN3O5/c1-20(2,3)29-19(27)22-11-10-17(25)24-14-7-5-4-6-13(14)12-23-18(26)15-8-9-16(21)28-15/h4-9H,10-12H2,1-3H3,(H,22,27)(H,23,26)(H,24,25). The lowest BCUT2D eigenvalue weighted by molar-refractivity contribution is -0.116. The highest BCUT2D eigenvalue weighted by molar-refractivity contribution is 9.10. The molecule has 0 aliphatic rings. The van der Waals surface area contributed by atoms with E-state index in [2.05, 4.69) is 31.9 Å². The molecule has 29 heavy (non-hydrogen) atoms. The van der Waals surface area contributed by atoms with Crippen molar-refractivity contribution >= 4 is 39.5 Å². The monoisotopic (exact) mass is 465 g/mol. The summed E-state index contributed by atoms with van der Waals surface area (Å²) in [4.78, 5) is 35.9. The Bertz CT molecular complexity index is 873. The lowest BCUT2D eigenvalue weighted by Crippen LogP contribution is -2.34. The Morgan fingerprint density at radius 2 is 1.79 bits per heavy atom. The molecule has 0 aliphatic heterocycles. The van der Waals surface area contributed by atoms with E-state index in [0.717, 1.165) is 5.56 Å². The minimum Gasteiger partial charge on any atom is -0.444 e. The fourth-order valence-electron chi connectivity index (χ4n) is 2.30. The number of nitrogens with one attached hydrogen (secondary N) is 3. The van der Waals surface area contributed by atoms with Gasteiger partial charge in [0.2, 0.25) is 5.91 Å². The summed E-state index contributed by atoms with van der Waals surface area (Å²) in [5.41, 5.74) is 0.720. The molecule has 1 aromatic carbocycles. The number of ether oxygens (including phenoxy) is 1. The van der Waals surface area contributed by atoms with Gasteiger partial charge in [-0.25, -0.2) is 4.79 Å². The first-order valence-corrected chi connectivity index (χ1v) is 9.81. The average Bonchev–Trinajstić information content (AvgIpc) is 3.05. The molecular weight excluding hydrogens is 442 g/mol. The first-order chi connectivity index (χ1) is 13.6. The Morgan fingerprint density at radius 1 is 1.07 bits per heavy atom. The maximum Gasteiger partial charge on any atom is 0.407 e. The molecule has 0 saturated carbocycles. The smallest absolute Gasteiger partial charge is 0.407 e. The molecule has 0 radical (unpaired) electrons. The summed E-state index contributed by atoms with van der Waals surface area (Å²) in [5.74, 6) is -0.445. The van der Waals surface area contributed by atoms with Gasteiger partial charge in [0.1, 0.15) is 5.60 Å². The molecule has 1 aromatic heterocycles. The summed E-state index contributed by atoms with van der Waals surface area (Å²) in [6.45, 7) is 5.65. The Balaban J connectivity index is 1.84. The predicted molar refractivity (Wildman–Crippen MR) is 112 cm³/mol. The van der Waals surface area contributed by atoms with E-state index in [1.807, 2.05) is 6.07 Å². The van der Waals surface area contributed by atoms with Crippen molar-refractivity contribution in [3.63, 3.8) is 0 Å². The van der Waals surface area contributed by atoms with Crippen molar-refractivity contribution in [1.82, 2.24) is 10.6 Å². The van der Waals surface area contributed by atoms with Crippen LogP contribution in [-0.4, -0.2) is 30.1 Å². The van der Waals surface area contributed by atoms with Gasteiger partial charge in [0.15, 0.2) is 10.4 Å². The minimum absolute atomic E-state index is 0.0837. The summed E-state index contributed by atoms with van der Waals surface area (Å²) < 4.78 is 10.8. The lowest BCUT2D eigenvalue weighted by atomic mass is 10.1. The second-order valence-electron chi connectivity index (χ2n) is 7.17. The zero-order valence-electron chi connectivity index (χ0n) is 16.5. The summed E-state index contributed by atoms with van der Waals surface area (Å²) in [5, 5.41) is 8.07. The van der Waals surface area contributed by atoms with Crippen molar-refractivity contribution < 1.29 is 23.5 Å². The molecule has 0 atom stereocenters. The number of para-hydroxylation sites is 1. The Labute approximate surface area is 177 Å². The summed E-state index contributed by atoms with van der Waals surface area (Å²) >= 11 is 3.15. The van der Waals surface area contributed by atoms with Gasteiger partial charge in [-0.05, 0) is 60.5 Å². The van der Waals surface area contributed by atoms with Gasteiger partial charge in [-0.15, -0.1) is 0 Å². The second-order valence-corrected chi connectivity index (χ2v) is 7.95. The Kier molecular flexibility index (Phi) is 7.83. The average molecular weight is 466 g/mol. The maximum atomic E-state index is 12.2. The molecule has 0 saturated heterocycles. The van der Waals surface area contributed by atoms with Gasteiger partial charge in [0, 0.05) is 25.2 Å². The van der Waals surface area contributed by atoms with Crippen LogP contribution in [0.5, 0.6) is 0 Å². The number of benzene rings is 1. The topological polar surface area (TPSA) is 110 Å². The van der Waals surface area contributed by atoms with Crippen molar-refractivity contribution in [3.05, 3.63) is 52.4 Å². The molecule has 9 heteroatoms. The molecule has 3 amide bonds. The molecule has 2 aromatic rings. The number of halogens is 1. The van der Waals surface area contributed by atoms with E-state index in [-0.39, 0.29) is 37.1 Å². The van der Waals surface area contributed by atoms with Gasteiger partial charge in [0.05, 0.1) is 0 Å². The van der Waals surface area contributed by atoms with Crippen molar-refractivity contribution in [1.29, 1.82) is 0 Å². The van der Waals surface area contributed by atoms with Gasteiger partial charge in [-0.3, -0.25) is 9.59 Å². The third-order valence-electron chi connectivity index (χ3n) is 3.55. The van der Waals surface area contributed by atoms with Crippen LogP contribution in [0, 0.1) is 0 Å². The van der Waals surface area contributed by atoms with E-state index in [0.29, 0.717) is 10.4 Å². The Morgan fingerprint density at radius 3 is 2.45 bits per heavy atom. The molecule has 0 aliphatic carbocycles. The maximum absolute atomic E-state index is 12.2. The van der Waals surface area contributed by atoms with Gasteiger partial charge in [-0.2, -0.15) is 0 Å². The van der Waals surface area contributed by atoms with Crippen LogP contribution in [0.3, 0.4) is 0 Å². The molecule has 3 N–H and O–H groups in total. The highest BCUT2D eigenvalue weighted by Crippen LogP contribution is 2.17. The summed E-state index contributed by atoms with van der Waals surface area (Å²) in [6, 6.07) is 10.3. The van der Waals surface area contributed by atoms with E-state index in [1.165, 1.54) is 0 Å².